The summed E-state index contributed by atoms with van der Waals surface area (Å²) in [6.07, 6.45) is 3.12. The van der Waals surface area contributed by atoms with E-state index in [4.69, 9.17) is 9.29 Å². The van der Waals surface area contributed by atoms with Crippen molar-refractivity contribution in [2.75, 3.05) is 24.9 Å². The van der Waals surface area contributed by atoms with E-state index in [1.807, 2.05) is 31.2 Å². The van der Waals surface area contributed by atoms with Crippen LogP contribution in [-0.4, -0.2) is 37.8 Å². The van der Waals surface area contributed by atoms with Crippen molar-refractivity contribution in [1.29, 1.82) is 0 Å². The van der Waals surface area contributed by atoms with Gasteiger partial charge in [-0.25, -0.2) is 0 Å². The Hall–Kier alpha value is -0.720. The van der Waals surface area contributed by atoms with E-state index in [0.29, 0.717) is 5.75 Å². The van der Waals surface area contributed by atoms with Crippen molar-refractivity contribution in [3.8, 4) is 5.75 Å². The monoisotopic (exact) mass is 278 g/mol. The van der Waals surface area contributed by atoms with Crippen LogP contribution >= 0.6 is 9.06 Å². The molecule has 1 N–H and O–H groups in total. The summed E-state index contributed by atoms with van der Waals surface area (Å²) in [6, 6.07) is 7.54. The molecule has 0 fully saturated rings. The Kier molecular flexibility index (Phi) is 4.46. The lowest BCUT2D eigenvalue weighted by Gasteiger charge is -2.26. The van der Waals surface area contributed by atoms with Crippen molar-refractivity contribution >= 4 is 18.2 Å². The van der Waals surface area contributed by atoms with Gasteiger partial charge in [-0.15, -0.1) is 9.06 Å². The van der Waals surface area contributed by atoms with Crippen molar-refractivity contribution in [2.45, 2.75) is 6.92 Å². The Balaban J connectivity index is 2.58. The third-order valence-corrected chi connectivity index (χ3v) is 8.71. The van der Waals surface area contributed by atoms with Crippen LogP contribution in [0.3, 0.4) is 0 Å². The summed E-state index contributed by atoms with van der Waals surface area (Å²) in [6.45, 7) is 2.21. The molecular weight excluding hydrogens is 260 g/mol. The van der Waals surface area contributed by atoms with Gasteiger partial charge in [-0.3, -0.25) is 4.55 Å². The lowest BCUT2D eigenvalue weighted by molar-refractivity contribution is 0.341. The summed E-state index contributed by atoms with van der Waals surface area (Å²) in [7, 11) is -6.04. The summed E-state index contributed by atoms with van der Waals surface area (Å²) in [5.41, 5.74) is 1.01. The van der Waals surface area contributed by atoms with Crippen molar-refractivity contribution < 1.29 is 17.7 Å². The third-order valence-electron chi connectivity index (χ3n) is 2.50. The van der Waals surface area contributed by atoms with E-state index >= 15 is 0 Å². The number of benzene rings is 1. The topological polar surface area (TPSA) is 63.6 Å². The van der Waals surface area contributed by atoms with E-state index in [2.05, 4.69) is 0 Å². The molecule has 0 aliphatic carbocycles. The average Bonchev–Trinajstić information content (AvgIpc) is 2.19. The highest BCUT2D eigenvalue weighted by molar-refractivity contribution is 8.88. The molecule has 0 saturated carbocycles. The molecule has 0 radical (unpaired) electrons. The van der Waals surface area contributed by atoms with E-state index in [1.165, 1.54) is 0 Å². The maximum Gasteiger partial charge on any atom is 0.301 e. The quantitative estimate of drug-likeness (QED) is 0.662. The highest BCUT2D eigenvalue weighted by Gasteiger charge is 2.26. The summed E-state index contributed by atoms with van der Waals surface area (Å²) < 4.78 is 36.8. The first-order valence-electron chi connectivity index (χ1n) is 5.11. The Labute approximate surface area is 103 Å². The largest absolute Gasteiger partial charge is 0.492 e. The normalized spacial score (nSPS) is 13.4. The highest BCUT2D eigenvalue weighted by atomic mass is 33.2. The maximum atomic E-state index is 11.1. The number of hydrogen-bond donors (Lipinski definition) is 1. The second-order valence-electron chi connectivity index (χ2n) is 4.18. The number of rotatable bonds is 5. The van der Waals surface area contributed by atoms with Crippen LogP contribution in [0.4, 0.5) is 0 Å². The van der Waals surface area contributed by atoms with Crippen LogP contribution in [-0.2, 0) is 9.15 Å². The molecule has 0 amide bonds. The predicted molar refractivity (Wildman–Crippen MR) is 72.5 cm³/mol. The van der Waals surface area contributed by atoms with Crippen molar-refractivity contribution in [3.63, 3.8) is 0 Å². The second-order valence-corrected chi connectivity index (χ2v) is 12.3. The van der Waals surface area contributed by atoms with Crippen molar-refractivity contribution in [2.24, 2.45) is 0 Å². The molecule has 0 spiro atoms. The molecule has 0 unspecified atom stereocenters. The van der Waals surface area contributed by atoms with E-state index in [-0.39, 0.29) is 6.61 Å². The van der Waals surface area contributed by atoms with Crippen LogP contribution < -0.4 is 4.74 Å². The van der Waals surface area contributed by atoms with Crippen LogP contribution in [0.1, 0.15) is 5.56 Å². The Bertz CT molecular complexity index is 480. The molecule has 0 heterocycles. The zero-order valence-corrected chi connectivity index (χ0v) is 11.8. The van der Waals surface area contributed by atoms with Gasteiger partial charge in [-0.05, 0) is 31.1 Å². The van der Waals surface area contributed by atoms with Gasteiger partial charge in [0.05, 0.1) is 6.61 Å². The molecule has 98 valence electrons. The van der Waals surface area contributed by atoms with E-state index in [1.54, 1.807) is 12.5 Å². The van der Waals surface area contributed by atoms with Gasteiger partial charge in [0.2, 0.25) is 0 Å². The molecule has 1 rings (SSSR count). The fraction of sp³-hybridized carbons (Fsp3) is 0.455. The Morgan fingerprint density at radius 3 is 2.35 bits per heavy atom. The first-order chi connectivity index (χ1) is 7.74. The molecule has 17 heavy (non-hydrogen) atoms. The lowest BCUT2D eigenvalue weighted by Crippen LogP contribution is -2.17. The molecule has 6 heteroatoms. The van der Waals surface area contributed by atoms with E-state index < -0.39 is 18.2 Å². The first kappa shape index (κ1) is 14.3. The van der Waals surface area contributed by atoms with Gasteiger partial charge < -0.3 is 4.74 Å². The van der Waals surface area contributed by atoms with Crippen LogP contribution in [0.25, 0.3) is 0 Å². The van der Waals surface area contributed by atoms with Gasteiger partial charge in [0.25, 0.3) is 0 Å². The zero-order chi connectivity index (χ0) is 13.1. The molecule has 4 nitrogen and oxygen atoms in total. The third kappa shape index (κ3) is 3.90. The van der Waals surface area contributed by atoms with Crippen LogP contribution in [0.5, 0.6) is 5.75 Å². The van der Waals surface area contributed by atoms with Crippen LogP contribution in [0.2, 0.25) is 0 Å². The highest BCUT2D eigenvalue weighted by Crippen LogP contribution is 2.45. The van der Waals surface area contributed by atoms with Crippen molar-refractivity contribution in [3.05, 3.63) is 29.8 Å². The van der Waals surface area contributed by atoms with Gasteiger partial charge in [0, 0.05) is 5.75 Å². The Morgan fingerprint density at radius 2 is 1.82 bits per heavy atom. The summed E-state index contributed by atoms with van der Waals surface area (Å²) >= 11 is 0. The average molecular weight is 278 g/mol. The molecule has 1 aromatic rings. The van der Waals surface area contributed by atoms with Crippen LogP contribution in [0.15, 0.2) is 24.3 Å². The molecule has 0 aliphatic heterocycles. The zero-order valence-electron chi connectivity index (χ0n) is 10.2. The van der Waals surface area contributed by atoms with E-state index in [0.717, 1.165) is 11.3 Å². The van der Waals surface area contributed by atoms with Gasteiger partial charge in [-0.2, -0.15) is 8.42 Å². The smallest absolute Gasteiger partial charge is 0.301 e. The molecule has 0 bridgehead atoms. The van der Waals surface area contributed by atoms with Gasteiger partial charge in [0.15, 0.2) is 0 Å². The standard InChI is InChI=1S/C11H18O4S2/c1-10-6-4-5-7-11(10)15-8-9-16(2,3)17(12,13)14/h4-7H,8-9H2,1-3H3,(H,12,13,14). The molecule has 0 saturated heterocycles. The lowest BCUT2D eigenvalue weighted by atomic mass is 10.2. The fourth-order valence-corrected chi connectivity index (χ4v) is 2.71. The predicted octanol–water partition coefficient (Wildman–Crippen LogP) is 2.24. The molecule has 0 aliphatic rings. The molecule has 0 aromatic heterocycles. The number of para-hydroxylation sites is 1. The number of aryl methyl sites for hydroxylation is 1. The summed E-state index contributed by atoms with van der Waals surface area (Å²) in [5, 5.41) is 0. The second kappa shape index (κ2) is 5.29. The molecule has 0 atom stereocenters. The Morgan fingerprint density at radius 1 is 1.24 bits per heavy atom. The minimum atomic E-state index is -3.96. The fourth-order valence-electron chi connectivity index (χ4n) is 1.18. The minimum Gasteiger partial charge on any atom is -0.492 e. The number of ether oxygens (including phenoxy) is 1. The summed E-state index contributed by atoms with van der Waals surface area (Å²) in [4.78, 5) is 0. The molecular formula is C11H18O4S2. The SMILES string of the molecule is Cc1ccccc1OCCS(C)(C)S(=O)(=O)O. The van der Waals surface area contributed by atoms with Crippen LogP contribution in [0, 0.1) is 6.92 Å². The number of hydrogen-bond acceptors (Lipinski definition) is 3. The summed E-state index contributed by atoms with van der Waals surface area (Å²) in [5.74, 6) is 1.07. The van der Waals surface area contributed by atoms with Crippen molar-refractivity contribution in [1.82, 2.24) is 0 Å². The first-order valence-corrected chi connectivity index (χ1v) is 9.68. The molecule has 1 aromatic carbocycles. The van der Waals surface area contributed by atoms with Gasteiger partial charge in [0.1, 0.15) is 5.75 Å². The van der Waals surface area contributed by atoms with Gasteiger partial charge in [-0.1, -0.05) is 18.2 Å². The van der Waals surface area contributed by atoms with E-state index in [9.17, 15) is 8.42 Å². The maximum absolute atomic E-state index is 11.1. The minimum absolute atomic E-state index is 0.285. The van der Waals surface area contributed by atoms with Gasteiger partial charge >= 0.3 is 9.15 Å².